The summed E-state index contributed by atoms with van der Waals surface area (Å²) in [5.74, 6) is 0.406. The van der Waals surface area contributed by atoms with Gasteiger partial charge >= 0.3 is 6.18 Å². The molecule has 126 valence electrons. The predicted octanol–water partition coefficient (Wildman–Crippen LogP) is 4.35. The Morgan fingerprint density at radius 3 is 2.44 bits per heavy atom. The molecule has 4 rings (SSSR count). The van der Waals surface area contributed by atoms with E-state index >= 15 is 0 Å². The zero-order valence-electron chi connectivity index (χ0n) is 12.9. The number of hydrogen-bond acceptors (Lipinski definition) is 3. The third-order valence-electron chi connectivity index (χ3n) is 4.08. The van der Waals surface area contributed by atoms with Crippen LogP contribution >= 0.6 is 0 Å². The van der Waals surface area contributed by atoms with Crippen molar-refractivity contribution >= 4 is 11.6 Å². The maximum absolute atomic E-state index is 13.4. The van der Waals surface area contributed by atoms with E-state index in [0.29, 0.717) is 11.6 Å². The third kappa shape index (κ3) is 2.77. The summed E-state index contributed by atoms with van der Waals surface area (Å²) in [7, 11) is 0. The second-order valence-corrected chi connectivity index (χ2v) is 5.63. The molecule has 1 N–H and O–H groups in total. The largest absolute Gasteiger partial charge is 0.416 e. The molecule has 0 bridgehead atoms. The van der Waals surface area contributed by atoms with Crippen LogP contribution < -0.4 is 5.32 Å². The molecule has 7 heteroatoms. The fourth-order valence-corrected chi connectivity index (χ4v) is 2.95. The number of halogens is 3. The van der Waals surface area contributed by atoms with Crippen molar-refractivity contribution in [3.8, 4) is 0 Å². The number of aromatic nitrogens is 3. The maximum atomic E-state index is 13.4. The van der Waals surface area contributed by atoms with Crippen LogP contribution in [-0.4, -0.2) is 14.8 Å². The third-order valence-corrected chi connectivity index (χ3v) is 4.08. The number of benzene rings is 2. The van der Waals surface area contributed by atoms with Crippen molar-refractivity contribution in [2.24, 2.45) is 0 Å². The topological polar surface area (TPSA) is 42.7 Å². The van der Waals surface area contributed by atoms with Gasteiger partial charge in [0.15, 0.2) is 0 Å². The van der Waals surface area contributed by atoms with Gasteiger partial charge in [0.1, 0.15) is 12.4 Å². The summed E-state index contributed by atoms with van der Waals surface area (Å²) in [6.07, 6.45) is -1.38. The van der Waals surface area contributed by atoms with Crippen LogP contribution in [0.5, 0.6) is 0 Å². The molecule has 0 fully saturated rings. The molecule has 0 amide bonds. The smallest absolute Gasteiger partial charge is 0.324 e. The summed E-state index contributed by atoms with van der Waals surface area (Å²) in [4.78, 5) is 4.12. The molecular weight excluding hydrogens is 329 g/mol. The van der Waals surface area contributed by atoms with E-state index in [2.05, 4.69) is 15.4 Å². The van der Waals surface area contributed by atoms with Crippen LogP contribution in [0.2, 0.25) is 0 Å². The molecule has 1 atom stereocenters. The summed E-state index contributed by atoms with van der Waals surface area (Å²) >= 11 is 0. The van der Waals surface area contributed by atoms with E-state index in [1.807, 2.05) is 30.3 Å². The van der Waals surface area contributed by atoms with Gasteiger partial charge < -0.3 is 5.32 Å². The highest BCUT2D eigenvalue weighted by atomic mass is 19.4. The van der Waals surface area contributed by atoms with Crippen molar-refractivity contribution in [1.29, 1.82) is 0 Å². The van der Waals surface area contributed by atoms with Gasteiger partial charge in [-0.2, -0.15) is 23.3 Å². The Kier molecular flexibility index (Phi) is 3.56. The lowest BCUT2D eigenvalue weighted by Gasteiger charge is -2.26. The molecule has 0 saturated heterocycles. The molecule has 0 radical (unpaired) electrons. The Labute approximate surface area is 141 Å². The second kappa shape index (κ2) is 5.77. The minimum absolute atomic E-state index is 0.136. The van der Waals surface area contributed by atoms with Crippen LogP contribution in [0.15, 0.2) is 67.0 Å². The Morgan fingerprint density at radius 2 is 1.68 bits per heavy atom. The molecule has 0 aliphatic carbocycles. The summed E-state index contributed by atoms with van der Waals surface area (Å²) in [6.45, 7) is 0. The molecule has 0 spiro atoms. The van der Waals surface area contributed by atoms with Gasteiger partial charge in [-0.15, -0.1) is 0 Å². The average molecular weight is 342 g/mol. The molecule has 2 heterocycles. The average Bonchev–Trinajstić information content (AvgIpc) is 3.09. The molecule has 4 nitrogen and oxygen atoms in total. The molecule has 3 aromatic rings. The monoisotopic (exact) mass is 342 g/mol. The summed E-state index contributed by atoms with van der Waals surface area (Å²) in [6, 6.07) is 14.2. The Morgan fingerprint density at radius 1 is 0.960 bits per heavy atom. The van der Waals surface area contributed by atoms with Crippen molar-refractivity contribution in [2.75, 3.05) is 5.32 Å². The molecular formula is C18H13F3N4. The molecule has 1 aromatic heterocycles. The Bertz CT molecular complexity index is 929. The van der Waals surface area contributed by atoms with Crippen molar-refractivity contribution in [3.63, 3.8) is 0 Å². The first-order chi connectivity index (χ1) is 12.0. The summed E-state index contributed by atoms with van der Waals surface area (Å²) in [5.41, 5.74) is 1.03. The van der Waals surface area contributed by atoms with Crippen LogP contribution in [0, 0.1) is 0 Å². The Hall–Kier alpha value is -3.09. The SMILES string of the molecule is FC(F)(F)c1ccccc1[C@@H]1C=C(c2ccccc2)Nc2ncnn21. The van der Waals surface area contributed by atoms with E-state index < -0.39 is 17.8 Å². The Balaban J connectivity index is 1.88. The number of hydrogen-bond donors (Lipinski definition) is 1. The van der Waals surface area contributed by atoms with E-state index in [4.69, 9.17) is 0 Å². The zero-order valence-corrected chi connectivity index (χ0v) is 12.9. The van der Waals surface area contributed by atoms with Gasteiger partial charge in [0.05, 0.1) is 5.56 Å². The van der Waals surface area contributed by atoms with E-state index in [0.717, 1.165) is 11.6 Å². The van der Waals surface area contributed by atoms with Crippen molar-refractivity contribution < 1.29 is 13.2 Å². The minimum Gasteiger partial charge on any atom is -0.324 e. The lowest BCUT2D eigenvalue weighted by molar-refractivity contribution is -0.138. The van der Waals surface area contributed by atoms with Gasteiger partial charge in [0, 0.05) is 5.70 Å². The fraction of sp³-hybridized carbons (Fsp3) is 0.111. The van der Waals surface area contributed by atoms with E-state index in [-0.39, 0.29) is 5.56 Å². The van der Waals surface area contributed by atoms with E-state index in [9.17, 15) is 13.2 Å². The molecule has 25 heavy (non-hydrogen) atoms. The molecule has 1 aliphatic heterocycles. The predicted molar refractivity (Wildman–Crippen MR) is 87.6 cm³/mol. The standard InChI is InChI=1S/C18H13F3N4/c19-18(20,21)14-9-5-4-8-13(14)16-10-15(12-6-2-1-3-7-12)24-17-22-11-23-25(16)17/h1-11,16H,(H,22,23,24)/t16-/m0/s1. The summed E-state index contributed by atoms with van der Waals surface area (Å²) in [5, 5.41) is 7.22. The quantitative estimate of drug-likeness (QED) is 0.753. The van der Waals surface area contributed by atoms with Crippen LogP contribution in [0.4, 0.5) is 19.1 Å². The number of rotatable bonds is 2. The van der Waals surface area contributed by atoms with Crippen LogP contribution in [-0.2, 0) is 6.18 Å². The summed E-state index contributed by atoms with van der Waals surface area (Å²) < 4.78 is 41.8. The van der Waals surface area contributed by atoms with Gasteiger partial charge in [-0.05, 0) is 23.3 Å². The molecule has 1 aliphatic rings. The number of nitrogens with zero attached hydrogens (tertiary/aromatic N) is 3. The lowest BCUT2D eigenvalue weighted by Crippen LogP contribution is -2.22. The highest BCUT2D eigenvalue weighted by molar-refractivity contribution is 5.77. The van der Waals surface area contributed by atoms with Gasteiger partial charge in [-0.3, -0.25) is 0 Å². The first-order valence-electron chi connectivity index (χ1n) is 7.64. The minimum atomic E-state index is -4.44. The number of nitrogens with one attached hydrogen (secondary N) is 1. The number of allylic oxidation sites excluding steroid dienone is 1. The number of anilines is 1. The lowest BCUT2D eigenvalue weighted by atomic mass is 9.97. The van der Waals surface area contributed by atoms with Crippen molar-refractivity contribution in [3.05, 3.63) is 83.7 Å². The first kappa shape index (κ1) is 15.4. The van der Waals surface area contributed by atoms with Crippen molar-refractivity contribution in [2.45, 2.75) is 12.2 Å². The zero-order chi connectivity index (χ0) is 17.4. The van der Waals surface area contributed by atoms with E-state index in [1.165, 1.54) is 23.1 Å². The highest BCUT2D eigenvalue weighted by Gasteiger charge is 2.36. The fourth-order valence-electron chi connectivity index (χ4n) is 2.95. The van der Waals surface area contributed by atoms with Crippen LogP contribution in [0.25, 0.3) is 5.70 Å². The van der Waals surface area contributed by atoms with Gasteiger partial charge in [-0.1, -0.05) is 48.5 Å². The van der Waals surface area contributed by atoms with Gasteiger partial charge in [-0.25, -0.2) is 4.68 Å². The van der Waals surface area contributed by atoms with Gasteiger partial charge in [0.2, 0.25) is 5.95 Å². The first-order valence-corrected chi connectivity index (χ1v) is 7.64. The van der Waals surface area contributed by atoms with Gasteiger partial charge in [0.25, 0.3) is 0 Å². The second-order valence-electron chi connectivity index (χ2n) is 5.63. The number of alkyl halides is 3. The molecule has 0 unspecified atom stereocenters. The maximum Gasteiger partial charge on any atom is 0.416 e. The van der Waals surface area contributed by atoms with Crippen LogP contribution in [0.3, 0.4) is 0 Å². The van der Waals surface area contributed by atoms with Crippen molar-refractivity contribution in [1.82, 2.24) is 14.8 Å². The van der Waals surface area contributed by atoms with E-state index in [1.54, 1.807) is 12.1 Å². The normalized spacial score (nSPS) is 16.8. The van der Waals surface area contributed by atoms with Crippen LogP contribution in [0.1, 0.15) is 22.7 Å². The molecule has 2 aromatic carbocycles. The highest BCUT2D eigenvalue weighted by Crippen LogP contribution is 2.39. The number of fused-ring (bicyclic) bond motifs is 1. The molecule has 0 saturated carbocycles.